The van der Waals surface area contributed by atoms with E-state index in [4.69, 9.17) is 9.47 Å². The van der Waals surface area contributed by atoms with Crippen molar-refractivity contribution in [1.82, 2.24) is 15.5 Å². The lowest BCUT2D eigenvalue weighted by Gasteiger charge is -2.50. The average Bonchev–Trinajstić information content (AvgIpc) is 3.20. The van der Waals surface area contributed by atoms with Crippen molar-refractivity contribution >= 4 is 11.8 Å². The maximum atomic E-state index is 13.8. The molecule has 4 aromatic rings. The second-order valence-electron chi connectivity index (χ2n) is 16.3. The summed E-state index contributed by atoms with van der Waals surface area (Å²) in [5, 5.41) is 16.1. The Kier molecular flexibility index (Phi) is 11.9. The highest BCUT2D eigenvalue weighted by atomic mass is 16.7. The number of ether oxygens (including phenoxy) is 2. The maximum Gasteiger partial charge on any atom is 0.251 e. The molecule has 284 valence electrons. The number of nitrogens with one attached hydrogen (secondary N) is 2. The van der Waals surface area contributed by atoms with Gasteiger partial charge in [-0.2, -0.15) is 0 Å². The molecular formula is C46H55N3O5. The minimum Gasteiger partial charge on any atom is -0.392 e. The molecule has 6 unspecified atom stereocenters. The van der Waals surface area contributed by atoms with E-state index < -0.39 is 6.29 Å². The predicted molar refractivity (Wildman–Crippen MR) is 211 cm³/mol. The number of aliphatic hydroxyl groups excluding tert-OH is 1. The van der Waals surface area contributed by atoms with E-state index in [-0.39, 0.29) is 42.2 Å². The molecule has 3 fully saturated rings. The zero-order chi connectivity index (χ0) is 37.7. The number of nitrogens with zero attached hydrogens (tertiary/aromatic N) is 1. The molecule has 1 aliphatic carbocycles. The number of piperidine rings is 1. The van der Waals surface area contributed by atoms with Gasteiger partial charge in [-0.05, 0) is 92.3 Å². The fourth-order valence-electron chi connectivity index (χ4n) is 8.64. The van der Waals surface area contributed by atoms with Crippen molar-refractivity contribution in [2.45, 2.75) is 115 Å². The Morgan fingerprint density at radius 1 is 0.796 bits per heavy atom. The summed E-state index contributed by atoms with van der Waals surface area (Å²) in [6.07, 6.45) is 6.42. The van der Waals surface area contributed by atoms with Gasteiger partial charge in [0.2, 0.25) is 5.91 Å². The number of carbonyl (C=O) groups is 2. The van der Waals surface area contributed by atoms with Gasteiger partial charge in [-0.25, -0.2) is 0 Å². The monoisotopic (exact) mass is 729 g/mol. The molecule has 2 amide bonds. The van der Waals surface area contributed by atoms with Gasteiger partial charge in [0.25, 0.3) is 5.91 Å². The number of aliphatic hydroxyl groups is 1. The Labute approximate surface area is 320 Å². The second kappa shape index (κ2) is 17.0. The number of fused-ring (bicyclic) bond motifs is 1. The van der Waals surface area contributed by atoms with Crippen LogP contribution >= 0.6 is 0 Å². The third-order valence-electron chi connectivity index (χ3n) is 11.3. The van der Waals surface area contributed by atoms with Crippen LogP contribution in [-0.4, -0.2) is 52.1 Å². The topological polar surface area (TPSA) is 100 Å². The van der Waals surface area contributed by atoms with Gasteiger partial charge in [-0.1, -0.05) is 104 Å². The first-order chi connectivity index (χ1) is 26.1. The normalized spacial score (nSPS) is 24.7. The third kappa shape index (κ3) is 9.12. The highest BCUT2D eigenvalue weighted by Crippen LogP contribution is 2.42. The Morgan fingerprint density at radius 3 is 2.24 bits per heavy atom. The first kappa shape index (κ1) is 38.0. The molecule has 8 heteroatoms. The molecule has 4 aromatic carbocycles. The van der Waals surface area contributed by atoms with Crippen molar-refractivity contribution < 1.29 is 24.2 Å². The van der Waals surface area contributed by atoms with E-state index in [1.165, 1.54) is 19.3 Å². The highest BCUT2D eigenvalue weighted by Gasteiger charge is 2.44. The maximum absolute atomic E-state index is 13.8. The van der Waals surface area contributed by atoms with Gasteiger partial charge in [0.15, 0.2) is 6.29 Å². The summed E-state index contributed by atoms with van der Waals surface area (Å²) >= 11 is 0. The summed E-state index contributed by atoms with van der Waals surface area (Å²) in [6, 6.07) is 33.9. The van der Waals surface area contributed by atoms with Crippen molar-refractivity contribution in [3.05, 3.63) is 131 Å². The molecule has 8 nitrogen and oxygen atoms in total. The highest BCUT2D eigenvalue weighted by molar-refractivity contribution is 5.94. The van der Waals surface area contributed by atoms with Crippen LogP contribution in [0, 0.1) is 5.92 Å². The Morgan fingerprint density at radius 2 is 1.50 bits per heavy atom. The van der Waals surface area contributed by atoms with Crippen LogP contribution in [-0.2, 0) is 27.4 Å². The lowest BCUT2D eigenvalue weighted by atomic mass is 9.75. The zero-order valence-electron chi connectivity index (χ0n) is 31.9. The first-order valence-electron chi connectivity index (χ1n) is 19.7. The lowest BCUT2D eigenvalue weighted by Crippen LogP contribution is -2.61. The van der Waals surface area contributed by atoms with Gasteiger partial charge < -0.3 is 25.2 Å². The van der Waals surface area contributed by atoms with E-state index >= 15 is 0 Å². The summed E-state index contributed by atoms with van der Waals surface area (Å²) in [7, 11) is 0. The second-order valence-corrected chi connectivity index (χ2v) is 16.3. The van der Waals surface area contributed by atoms with E-state index in [1.807, 2.05) is 93.6 Å². The lowest BCUT2D eigenvalue weighted by molar-refractivity contribution is -0.255. The Bertz CT molecular complexity index is 1860. The van der Waals surface area contributed by atoms with Crippen LogP contribution in [0.3, 0.4) is 0 Å². The summed E-state index contributed by atoms with van der Waals surface area (Å²) < 4.78 is 13.6. The standard InChI is InChI=1S/C46H55N3O5/c1-46(2,3)48-44(52)41-26-25-33-11-8-10-16-40(33)49(41)29-38-27-42(34-19-17-31(30-50)18-20-34)54-45(53-38)36-23-21-32(22-24-36)39-15-9-7-14-37(39)28-47-43(51)35-12-5-4-6-13-35/h4-7,9,12-15,17-24,33,38,40-42,45,50H,8,10-11,16,25-30H2,1-3H3,(H,47,51)(H,48,52). The molecular weight excluding hydrogens is 675 g/mol. The molecule has 2 aliphatic heterocycles. The van der Waals surface area contributed by atoms with E-state index in [2.05, 4.69) is 45.9 Å². The predicted octanol–water partition coefficient (Wildman–Crippen LogP) is 8.26. The molecule has 0 spiro atoms. The van der Waals surface area contributed by atoms with Crippen molar-refractivity contribution in [1.29, 1.82) is 0 Å². The fraction of sp³-hybridized carbons (Fsp3) is 0.435. The summed E-state index contributed by atoms with van der Waals surface area (Å²) in [5.41, 5.74) is 6.27. The van der Waals surface area contributed by atoms with Gasteiger partial charge in [-0.3, -0.25) is 14.5 Å². The molecule has 7 rings (SSSR count). The molecule has 2 heterocycles. The van der Waals surface area contributed by atoms with Crippen molar-refractivity contribution in [3.63, 3.8) is 0 Å². The largest absolute Gasteiger partial charge is 0.392 e. The Balaban J connectivity index is 1.13. The van der Waals surface area contributed by atoms with Crippen LogP contribution in [0.2, 0.25) is 0 Å². The minimum atomic E-state index is -0.602. The molecule has 3 aliphatic rings. The summed E-state index contributed by atoms with van der Waals surface area (Å²) in [6.45, 7) is 7.21. The number of hydrogen-bond acceptors (Lipinski definition) is 6. The molecule has 1 saturated carbocycles. The van der Waals surface area contributed by atoms with E-state index in [9.17, 15) is 14.7 Å². The molecule has 2 saturated heterocycles. The van der Waals surface area contributed by atoms with Gasteiger partial charge in [0, 0.05) is 42.2 Å². The fourth-order valence-corrected chi connectivity index (χ4v) is 8.64. The number of benzene rings is 4. The summed E-state index contributed by atoms with van der Waals surface area (Å²) in [5.74, 6) is 0.617. The molecule has 6 atom stereocenters. The van der Waals surface area contributed by atoms with E-state index in [0.29, 0.717) is 37.0 Å². The van der Waals surface area contributed by atoms with Crippen molar-refractivity contribution in [2.75, 3.05) is 6.54 Å². The van der Waals surface area contributed by atoms with Gasteiger partial charge in [0.1, 0.15) is 0 Å². The smallest absolute Gasteiger partial charge is 0.251 e. The van der Waals surface area contributed by atoms with Crippen LogP contribution in [0.5, 0.6) is 0 Å². The molecule has 0 bridgehead atoms. The number of amides is 2. The van der Waals surface area contributed by atoms with Crippen molar-refractivity contribution in [3.8, 4) is 11.1 Å². The molecule has 0 radical (unpaired) electrons. The van der Waals surface area contributed by atoms with E-state index in [1.54, 1.807) is 0 Å². The average molecular weight is 730 g/mol. The third-order valence-corrected chi connectivity index (χ3v) is 11.3. The number of carbonyl (C=O) groups excluding carboxylic acids is 2. The number of rotatable bonds is 10. The minimum absolute atomic E-state index is 0.00935. The van der Waals surface area contributed by atoms with Gasteiger partial charge >= 0.3 is 0 Å². The van der Waals surface area contributed by atoms with Crippen LogP contribution in [0.1, 0.15) is 111 Å². The number of hydrogen-bond donors (Lipinski definition) is 3. The number of likely N-dealkylation sites (tertiary alicyclic amines) is 1. The quantitative estimate of drug-likeness (QED) is 0.152. The van der Waals surface area contributed by atoms with Gasteiger partial charge in [-0.15, -0.1) is 0 Å². The zero-order valence-corrected chi connectivity index (χ0v) is 31.9. The van der Waals surface area contributed by atoms with Gasteiger partial charge in [0.05, 0.1) is 24.9 Å². The first-order valence-corrected chi connectivity index (χ1v) is 19.7. The Hall–Kier alpha value is -4.34. The van der Waals surface area contributed by atoms with Crippen LogP contribution in [0.4, 0.5) is 0 Å². The summed E-state index contributed by atoms with van der Waals surface area (Å²) in [4.78, 5) is 29.1. The van der Waals surface area contributed by atoms with Crippen LogP contribution in [0.15, 0.2) is 103 Å². The van der Waals surface area contributed by atoms with Crippen molar-refractivity contribution in [2.24, 2.45) is 5.92 Å². The van der Waals surface area contributed by atoms with E-state index in [0.717, 1.165) is 52.6 Å². The van der Waals surface area contributed by atoms with Crippen LogP contribution < -0.4 is 10.6 Å². The molecule has 3 N–H and O–H groups in total. The van der Waals surface area contributed by atoms with Crippen LogP contribution in [0.25, 0.3) is 11.1 Å². The molecule has 0 aromatic heterocycles. The SMILES string of the molecule is CC(C)(C)NC(=O)C1CCC2CCCCC2N1CC1CC(c2ccc(CO)cc2)OC(c2ccc(-c3ccccc3CNC(=O)c3ccccc3)cc2)O1. The molecule has 54 heavy (non-hydrogen) atoms.